The van der Waals surface area contributed by atoms with E-state index in [4.69, 9.17) is 10.5 Å². The quantitative estimate of drug-likeness (QED) is 0.921. The maximum atomic E-state index is 5.72. The third-order valence-electron chi connectivity index (χ3n) is 3.76. The Hall–Kier alpha value is -1.81. The van der Waals surface area contributed by atoms with Crippen molar-refractivity contribution in [2.45, 2.75) is 27.3 Å². The molecule has 0 unspecified atom stereocenters. The first-order chi connectivity index (χ1) is 9.01. The van der Waals surface area contributed by atoms with Crippen LogP contribution in [0.25, 0.3) is 11.3 Å². The lowest BCUT2D eigenvalue weighted by Crippen LogP contribution is -2.06. The van der Waals surface area contributed by atoms with Gasteiger partial charge in [0.2, 0.25) is 0 Å². The molecule has 0 spiro atoms. The summed E-state index contributed by atoms with van der Waals surface area (Å²) in [5.41, 5.74) is 11.4. The number of rotatable bonds is 3. The molecular weight excluding hydrogens is 238 g/mol. The van der Waals surface area contributed by atoms with E-state index in [0.717, 1.165) is 28.5 Å². The van der Waals surface area contributed by atoms with Crippen LogP contribution in [0.15, 0.2) is 12.1 Å². The van der Waals surface area contributed by atoms with E-state index in [-0.39, 0.29) is 0 Å². The van der Waals surface area contributed by atoms with Crippen LogP contribution in [0.3, 0.4) is 0 Å². The molecule has 102 valence electrons. The summed E-state index contributed by atoms with van der Waals surface area (Å²) in [7, 11) is 3.71. The van der Waals surface area contributed by atoms with E-state index in [1.54, 1.807) is 7.11 Å². The van der Waals surface area contributed by atoms with E-state index >= 15 is 0 Å². The number of hydrogen-bond acceptors (Lipinski definition) is 3. The number of imidazole rings is 1. The van der Waals surface area contributed by atoms with Gasteiger partial charge >= 0.3 is 0 Å². The van der Waals surface area contributed by atoms with Gasteiger partial charge in [0.05, 0.1) is 25.0 Å². The normalized spacial score (nSPS) is 10.8. The van der Waals surface area contributed by atoms with Gasteiger partial charge in [-0.3, -0.25) is 0 Å². The first-order valence-electron chi connectivity index (χ1n) is 6.38. The Kier molecular flexibility index (Phi) is 3.62. The number of nitrogens with two attached hydrogens (primary N) is 1. The van der Waals surface area contributed by atoms with Crippen LogP contribution in [-0.4, -0.2) is 16.7 Å². The molecule has 2 rings (SSSR count). The van der Waals surface area contributed by atoms with Crippen LogP contribution in [0.2, 0.25) is 0 Å². The summed E-state index contributed by atoms with van der Waals surface area (Å²) in [5.74, 6) is 1.82. The molecule has 0 aliphatic heterocycles. The minimum atomic E-state index is 0.450. The summed E-state index contributed by atoms with van der Waals surface area (Å²) in [5, 5.41) is 0. The van der Waals surface area contributed by atoms with Crippen LogP contribution in [0.4, 0.5) is 0 Å². The number of aromatic nitrogens is 2. The van der Waals surface area contributed by atoms with Crippen LogP contribution in [0.1, 0.15) is 22.6 Å². The van der Waals surface area contributed by atoms with E-state index < -0.39 is 0 Å². The predicted molar refractivity (Wildman–Crippen MR) is 77.3 cm³/mol. The molecule has 0 aliphatic rings. The maximum absolute atomic E-state index is 5.72. The Labute approximate surface area is 114 Å². The molecule has 1 heterocycles. The van der Waals surface area contributed by atoms with E-state index in [9.17, 15) is 0 Å². The molecule has 2 N–H and O–H groups in total. The lowest BCUT2D eigenvalue weighted by Gasteiger charge is -2.14. The Bertz CT molecular complexity index is 614. The van der Waals surface area contributed by atoms with E-state index in [2.05, 4.69) is 29.5 Å². The molecule has 0 aliphatic carbocycles. The van der Waals surface area contributed by atoms with Crippen LogP contribution >= 0.6 is 0 Å². The second-order valence-corrected chi connectivity index (χ2v) is 4.79. The molecule has 0 saturated carbocycles. The molecule has 0 fully saturated rings. The van der Waals surface area contributed by atoms with Crippen molar-refractivity contribution in [1.29, 1.82) is 0 Å². The SMILES string of the molecule is COc1ccc(-c2c(C)nc(CN)n2C)c(C)c1C. The second-order valence-electron chi connectivity index (χ2n) is 4.79. The predicted octanol–water partition coefficient (Wildman–Crippen LogP) is 2.48. The number of ether oxygens (including phenoxy) is 1. The zero-order valence-electron chi connectivity index (χ0n) is 12.2. The molecule has 0 atom stereocenters. The first kappa shape index (κ1) is 13.6. The Morgan fingerprint density at radius 3 is 2.42 bits per heavy atom. The van der Waals surface area contributed by atoms with Gasteiger partial charge in [0.25, 0.3) is 0 Å². The molecule has 0 saturated heterocycles. The van der Waals surface area contributed by atoms with Gasteiger partial charge in [0, 0.05) is 12.6 Å². The molecule has 4 heteroatoms. The minimum absolute atomic E-state index is 0.450. The lowest BCUT2D eigenvalue weighted by molar-refractivity contribution is 0.411. The third-order valence-corrected chi connectivity index (χ3v) is 3.76. The van der Waals surface area contributed by atoms with E-state index in [0.29, 0.717) is 6.54 Å². The highest BCUT2D eigenvalue weighted by molar-refractivity contribution is 5.69. The summed E-state index contributed by atoms with van der Waals surface area (Å²) in [6.07, 6.45) is 0. The van der Waals surface area contributed by atoms with Gasteiger partial charge in [-0.25, -0.2) is 4.98 Å². The molecular formula is C15H21N3O. The summed E-state index contributed by atoms with van der Waals surface area (Å²) in [6.45, 7) is 6.66. The van der Waals surface area contributed by atoms with Gasteiger partial charge in [-0.05, 0) is 44.0 Å². The van der Waals surface area contributed by atoms with Crippen molar-refractivity contribution in [3.63, 3.8) is 0 Å². The first-order valence-corrected chi connectivity index (χ1v) is 6.38. The van der Waals surface area contributed by atoms with Crippen molar-refractivity contribution in [2.24, 2.45) is 12.8 Å². The Balaban J connectivity index is 2.66. The number of methoxy groups -OCH3 is 1. The van der Waals surface area contributed by atoms with Gasteiger partial charge in [-0.2, -0.15) is 0 Å². The van der Waals surface area contributed by atoms with E-state index in [1.165, 1.54) is 11.1 Å². The van der Waals surface area contributed by atoms with Crippen LogP contribution < -0.4 is 10.5 Å². The highest BCUT2D eigenvalue weighted by Crippen LogP contribution is 2.32. The van der Waals surface area contributed by atoms with E-state index in [1.807, 2.05) is 20.0 Å². The van der Waals surface area contributed by atoms with Gasteiger partial charge in [-0.1, -0.05) is 0 Å². The lowest BCUT2D eigenvalue weighted by atomic mass is 9.99. The molecule has 1 aromatic heterocycles. The zero-order valence-corrected chi connectivity index (χ0v) is 12.2. The number of benzene rings is 1. The van der Waals surface area contributed by atoms with Gasteiger partial charge in [-0.15, -0.1) is 0 Å². The van der Waals surface area contributed by atoms with Crippen molar-refractivity contribution in [3.8, 4) is 17.0 Å². The summed E-state index contributed by atoms with van der Waals surface area (Å²) < 4.78 is 7.43. The van der Waals surface area contributed by atoms with Crippen molar-refractivity contribution in [1.82, 2.24) is 9.55 Å². The van der Waals surface area contributed by atoms with Crippen molar-refractivity contribution >= 4 is 0 Å². The van der Waals surface area contributed by atoms with Crippen molar-refractivity contribution in [3.05, 3.63) is 34.8 Å². The van der Waals surface area contributed by atoms with Crippen molar-refractivity contribution in [2.75, 3.05) is 7.11 Å². The molecule has 0 radical (unpaired) electrons. The third kappa shape index (κ3) is 2.12. The maximum Gasteiger partial charge on any atom is 0.122 e. The zero-order chi connectivity index (χ0) is 14.2. The average Bonchev–Trinajstić information content (AvgIpc) is 2.68. The van der Waals surface area contributed by atoms with Crippen LogP contribution in [0, 0.1) is 20.8 Å². The fraction of sp³-hybridized carbons (Fsp3) is 0.400. The summed E-state index contributed by atoms with van der Waals surface area (Å²) in [6, 6.07) is 4.09. The van der Waals surface area contributed by atoms with Gasteiger partial charge in [0.15, 0.2) is 0 Å². The molecule has 2 aromatic rings. The Morgan fingerprint density at radius 2 is 1.89 bits per heavy atom. The number of aryl methyl sites for hydroxylation is 1. The largest absolute Gasteiger partial charge is 0.496 e. The van der Waals surface area contributed by atoms with Crippen molar-refractivity contribution < 1.29 is 4.74 Å². The van der Waals surface area contributed by atoms with Gasteiger partial charge in [0.1, 0.15) is 11.6 Å². The Morgan fingerprint density at radius 1 is 1.21 bits per heavy atom. The molecule has 0 bridgehead atoms. The molecule has 19 heavy (non-hydrogen) atoms. The number of nitrogens with zero attached hydrogens (tertiary/aromatic N) is 2. The summed E-state index contributed by atoms with van der Waals surface area (Å²) >= 11 is 0. The van der Waals surface area contributed by atoms with Crippen LogP contribution in [-0.2, 0) is 13.6 Å². The molecule has 1 aromatic carbocycles. The highest BCUT2D eigenvalue weighted by Gasteiger charge is 2.16. The highest BCUT2D eigenvalue weighted by atomic mass is 16.5. The average molecular weight is 259 g/mol. The smallest absolute Gasteiger partial charge is 0.122 e. The van der Waals surface area contributed by atoms with Crippen LogP contribution in [0.5, 0.6) is 5.75 Å². The fourth-order valence-corrected chi connectivity index (χ4v) is 2.52. The number of hydrogen-bond donors (Lipinski definition) is 1. The monoisotopic (exact) mass is 259 g/mol. The fourth-order valence-electron chi connectivity index (χ4n) is 2.52. The standard InChI is InChI=1S/C15H21N3O/c1-9-10(2)13(19-5)7-6-12(9)15-11(3)17-14(8-16)18(15)4/h6-7H,8,16H2,1-5H3. The topological polar surface area (TPSA) is 53.1 Å². The summed E-state index contributed by atoms with van der Waals surface area (Å²) in [4.78, 5) is 4.53. The minimum Gasteiger partial charge on any atom is -0.496 e. The van der Waals surface area contributed by atoms with Gasteiger partial charge < -0.3 is 15.0 Å². The second kappa shape index (κ2) is 5.05. The molecule has 0 amide bonds. The molecule has 4 nitrogen and oxygen atoms in total.